The van der Waals surface area contributed by atoms with Gasteiger partial charge in [-0.25, -0.2) is 4.39 Å². The molecule has 1 saturated carbocycles. The Balaban J connectivity index is 1.94. The number of nitrogens with one attached hydrogen (secondary N) is 1. The normalized spacial score (nSPS) is 16.3. The van der Waals surface area contributed by atoms with E-state index in [9.17, 15) is 14.0 Å². The fraction of sp³-hybridized carbons (Fsp3) is 0.429. The molecule has 1 N–H and O–H groups in total. The van der Waals surface area contributed by atoms with E-state index < -0.39 is 11.7 Å². The van der Waals surface area contributed by atoms with Gasteiger partial charge in [0.25, 0.3) is 5.91 Å². The highest BCUT2D eigenvalue weighted by atomic mass is 19.1. The summed E-state index contributed by atoms with van der Waals surface area (Å²) in [6, 6.07) is 5.16. The van der Waals surface area contributed by atoms with Crippen molar-refractivity contribution in [2.24, 2.45) is 5.92 Å². The van der Waals surface area contributed by atoms with E-state index in [1.54, 1.807) is 0 Å². The van der Waals surface area contributed by atoms with Gasteiger partial charge in [0.2, 0.25) is 5.91 Å². The Labute approximate surface area is 105 Å². The summed E-state index contributed by atoms with van der Waals surface area (Å²) in [6.45, 7) is 0. The van der Waals surface area contributed by atoms with E-state index in [0.29, 0.717) is 5.56 Å². The van der Waals surface area contributed by atoms with Gasteiger partial charge in [0.15, 0.2) is 0 Å². The van der Waals surface area contributed by atoms with E-state index in [1.165, 1.54) is 24.3 Å². The van der Waals surface area contributed by atoms with Gasteiger partial charge in [-0.15, -0.1) is 0 Å². The fourth-order valence-electron chi connectivity index (χ4n) is 2.25. The highest BCUT2D eigenvalue weighted by molar-refractivity contribution is 6.05. The van der Waals surface area contributed by atoms with Crippen LogP contribution in [-0.2, 0) is 4.79 Å². The van der Waals surface area contributed by atoms with Crippen molar-refractivity contribution in [3.63, 3.8) is 0 Å². The Morgan fingerprint density at radius 3 is 2.28 bits per heavy atom. The summed E-state index contributed by atoms with van der Waals surface area (Å²) in [6.07, 6.45) is 4.95. The molecular weight excluding hydrogens is 233 g/mol. The highest BCUT2D eigenvalue weighted by Gasteiger charge is 2.22. The smallest absolute Gasteiger partial charge is 0.257 e. The first kappa shape index (κ1) is 12.7. The molecule has 0 spiro atoms. The molecule has 0 atom stereocenters. The summed E-state index contributed by atoms with van der Waals surface area (Å²) in [5, 5.41) is 2.39. The number of imide groups is 1. The van der Waals surface area contributed by atoms with Gasteiger partial charge in [-0.3, -0.25) is 14.9 Å². The van der Waals surface area contributed by atoms with E-state index in [1.807, 2.05) is 0 Å². The summed E-state index contributed by atoms with van der Waals surface area (Å²) in [4.78, 5) is 23.6. The van der Waals surface area contributed by atoms with Crippen LogP contribution in [0.3, 0.4) is 0 Å². The molecule has 2 amide bonds. The summed E-state index contributed by atoms with van der Waals surface area (Å²) in [5.41, 5.74) is 0.306. The van der Waals surface area contributed by atoms with Crippen LogP contribution in [0, 0.1) is 11.7 Å². The average molecular weight is 249 g/mol. The first-order chi connectivity index (χ1) is 8.66. The van der Waals surface area contributed by atoms with Crippen molar-refractivity contribution < 1.29 is 14.0 Å². The number of halogens is 1. The lowest BCUT2D eigenvalue weighted by Crippen LogP contribution is -2.36. The molecule has 0 bridgehead atoms. The zero-order valence-corrected chi connectivity index (χ0v) is 10.1. The second kappa shape index (κ2) is 5.76. The molecule has 4 heteroatoms. The molecular formula is C14H16FNO2. The topological polar surface area (TPSA) is 46.2 Å². The standard InChI is InChI=1S/C14H16FNO2/c15-12-8-6-11(7-9-12)14(18)16-13(17)10-4-2-1-3-5-10/h6-10H,1-5H2,(H,16,17,18). The van der Waals surface area contributed by atoms with Crippen molar-refractivity contribution in [2.45, 2.75) is 32.1 Å². The summed E-state index contributed by atoms with van der Waals surface area (Å²) in [7, 11) is 0. The Morgan fingerprint density at radius 2 is 1.67 bits per heavy atom. The third-order valence-corrected chi connectivity index (χ3v) is 3.32. The fourth-order valence-corrected chi connectivity index (χ4v) is 2.25. The van der Waals surface area contributed by atoms with E-state index in [-0.39, 0.29) is 11.8 Å². The van der Waals surface area contributed by atoms with E-state index >= 15 is 0 Å². The third-order valence-electron chi connectivity index (χ3n) is 3.32. The minimum Gasteiger partial charge on any atom is -0.292 e. The van der Waals surface area contributed by atoms with Gasteiger partial charge in [-0.05, 0) is 37.1 Å². The first-order valence-corrected chi connectivity index (χ1v) is 6.27. The van der Waals surface area contributed by atoms with Gasteiger partial charge in [0, 0.05) is 11.5 Å². The quantitative estimate of drug-likeness (QED) is 0.819. The van der Waals surface area contributed by atoms with Crippen LogP contribution in [0.4, 0.5) is 4.39 Å². The van der Waals surface area contributed by atoms with Crippen molar-refractivity contribution in [3.8, 4) is 0 Å². The molecule has 0 heterocycles. The number of rotatable bonds is 2. The summed E-state index contributed by atoms with van der Waals surface area (Å²) >= 11 is 0. The van der Waals surface area contributed by atoms with Gasteiger partial charge in [-0.2, -0.15) is 0 Å². The lowest BCUT2D eigenvalue weighted by molar-refractivity contribution is -0.124. The Hall–Kier alpha value is -1.71. The van der Waals surface area contributed by atoms with Crippen molar-refractivity contribution >= 4 is 11.8 Å². The molecule has 0 radical (unpaired) electrons. The number of carbonyl (C=O) groups excluding carboxylic acids is 2. The monoisotopic (exact) mass is 249 g/mol. The van der Waals surface area contributed by atoms with Crippen molar-refractivity contribution in [2.75, 3.05) is 0 Å². The maximum atomic E-state index is 12.7. The molecule has 0 saturated heterocycles. The number of hydrogen-bond acceptors (Lipinski definition) is 2. The minimum atomic E-state index is -0.453. The second-order valence-electron chi connectivity index (χ2n) is 4.66. The van der Waals surface area contributed by atoms with Crippen LogP contribution in [0.5, 0.6) is 0 Å². The second-order valence-corrected chi connectivity index (χ2v) is 4.66. The zero-order chi connectivity index (χ0) is 13.0. The summed E-state index contributed by atoms with van der Waals surface area (Å²) in [5.74, 6) is -1.11. The molecule has 1 aliphatic rings. The summed E-state index contributed by atoms with van der Waals surface area (Å²) < 4.78 is 12.7. The van der Waals surface area contributed by atoms with E-state index in [2.05, 4.69) is 5.32 Å². The van der Waals surface area contributed by atoms with Gasteiger partial charge in [0.1, 0.15) is 5.82 Å². The number of carbonyl (C=O) groups is 2. The zero-order valence-electron chi connectivity index (χ0n) is 10.1. The maximum Gasteiger partial charge on any atom is 0.257 e. The van der Waals surface area contributed by atoms with Crippen molar-refractivity contribution in [1.29, 1.82) is 0 Å². The van der Waals surface area contributed by atoms with Gasteiger partial charge in [0.05, 0.1) is 0 Å². The predicted molar refractivity (Wildman–Crippen MR) is 65.4 cm³/mol. The minimum absolute atomic E-state index is 0.0526. The number of hydrogen-bond donors (Lipinski definition) is 1. The van der Waals surface area contributed by atoms with Gasteiger partial charge >= 0.3 is 0 Å². The lowest BCUT2D eigenvalue weighted by Gasteiger charge is -2.20. The molecule has 1 aliphatic carbocycles. The first-order valence-electron chi connectivity index (χ1n) is 6.27. The van der Waals surface area contributed by atoms with E-state index in [4.69, 9.17) is 0 Å². The average Bonchev–Trinajstić information content (AvgIpc) is 2.40. The van der Waals surface area contributed by atoms with Crippen LogP contribution >= 0.6 is 0 Å². The number of benzene rings is 1. The molecule has 2 rings (SSSR count). The Kier molecular flexibility index (Phi) is 4.07. The van der Waals surface area contributed by atoms with E-state index in [0.717, 1.165) is 32.1 Å². The molecule has 1 fully saturated rings. The lowest BCUT2D eigenvalue weighted by atomic mass is 9.88. The molecule has 18 heavy (non-hydrogen) atoms. The maximum absolute atomic E-state index is 12.7. The van der Waals surface area contributed by atoms with Gasteiger partial charge in [-0.1, -0.05) is 19.3 Å². The van der Waals surface area contributed by atoms with Crippen LogP contribution < -0.4 is 5.32 Å². The SMILES string of the molecule is O=C(NC(=O)C1CCCCC1)c1ccc(F)cc1. The molecule has 1 aromatic carbocycles. The molecule has 3 nitrogen and oxygen atoms in total. The van der Waals surface area contributed by atoms with Crippen LogP contribution in [-0.4, -0.2) is 11.8 Å². The Morgan fingerprint density at radius 1 is 1.06 bits per heavy atom. The molecule has 0 aromatic heterocycles. The van der Waals surface area contributed by atoms with Crippen LogP contribution in [0.1, 0.15) is 42.5 Å². The number of amides is 2. The molecule has 1 aromatic rings. The van der Waals surface area contributed by atoms with Gasteiger partial charge < -0.3 is 0 Å². The largest absolute Gasteiger partial charge is 0.292 e. The van der Waals surface area contributed by atoms with Crippen LogP contribution in [0.2, 0.25) is 0 Å². The molecule has 96 valence electrons. The molecule has 0 unspecified atom stereocenters. The highest BCUT2D eigenvalue weighted by Crippen LogP contribution is 2.23. The molecule has 0 aliphatic heterocycles. The third kappa shape index (κ3) is 3.15. The van der Waals surface area contributed by atoms with Crippen LogP contribution in [0.15, 0.2) is 24.3 Å². The van der Waals surface area contributed by atoms with Crippen LogP contribution in [0.25, 0.3) is 0 Å². The Bertz CT molecular complexity index is 436. The van der Waals surface area contributed by atoms with Crippen molar-refractivity contribution in [3.05, 3.63) is 35.6 Å². The van der Waals surface area contributed by atoms with Crippen molar-refractivity contribution in [1.82, 2.24) is 5.32 Å². The predicted octanol–water partition coefficient (Wildman–Crippen LogP) is 2.66.